The largest absolute Gasteiger partial charge is 0.355 e. The van der Waals surface area contributed by atoms with Crippen molar-refractivity contribution in [1.29, 1.82) is 0 Å². The van der Waals surface area contributed by atoms with Gasteiger partial charge in [-0.15, -0.1) is 0 Å². The van der Waals surface area contributed by atoms with Gasteiger partial charge in [-0.25, -0.2) is 14.2 Å². The van der Waals surface area contributed by atoms with Gasteiger partial charge in [-0.1, -0.05) is 12.8 Å². The number of hydrogen-bond acceptors (Lipinski definition) is 4. The van der Waals surface area contributed by atoms with Crippen molar-refractivity contribution < 1.29 is 0 Å². The third-order valence-electron chi connectivity index (χ3n) is 3.46. The first-order valence-corrected chi connectivity index (χ1v) is 5.85. The molecule has 1 heterocycles. The quantitative estimate of drug-likeness (QED) is 0.803. The van der Waals surface area contributed by atoms with Gasteiger partial charge in [-0.05, 0) is 19.8 Å². The lowest BCUT2D eigenvalue weighted by molar-refractivity contribution is 0.299. The monoisotopic (exact) mass is 238 g/mol. The Labute approximate surface area is 99.3 Å². The van der Waals surface area contributed by atoms with Crippen LogP contribution >= 0.6 is 0 Å². The van der Waals surface area contributed by atoms with Crippen LogP contribution in [0.5, 0.6) is 0 Å². The summed E-state index contributed by atoms with van der Waals surface area (Å²) in [6.07, 6.45) is 3.83. The predicted molar refractivity (Wildman–Crippen MR) is 65.6 cm³/mol. The molecule has 1 aliphatic rings. The van der Waals surface area contributed by atoms with E-state index in [1.807, 2.05) is 6.92 Å². The first-order valence-electron chi connectivity index (χ1n) is 5.85. The third kappa shape index (κ3) is 1.99. The second-order valence-corrected chi connectivity index (χ2v) is 5.08. The van der Waals surface area contributed by atoms with Crippen LogP contribution in [0.3, 0.4) is 0 Å². The summed E-state index contributed by atoms with van der Waals surface area (Å²) >= 11 is 0. The fraction of sp³-hybridized carbons (Fsp3) is 0.727. The highest BCUT2D eigenvalue weighted by Gasteiger charge is 2.33. The van der Waals surface area contributed by atoms with E-state index in [9.17, 15) is 9.59 Å². The fourth-order valence-electron chi connectivity index (χ4n) is 2.46. The highest BCUT2D eigenvalue weighted by Crippen LogP contribution is 2.33. The summed E-state index contributed by atoms with van der Waals surface area (Å²) in [4.78, 5) is 32.1. The van der Waals surface area contributed by atoms with Gasteiger partial charge in [0.25, 0.3) is 0 Å². The molecule has 0 saturated heterocycles. The molecular formula is C11H18N4O2. The standard InChI is InChI=1S/C11H18N4O2/c1-11(6-4-5-7-11)15-9(16)12-8(14(2)3)13-10(15)17/h4-7H2,1-3H3,(H,12,13,16,17). The maximum atomic E-state index is 12.0. The maximum absolute atomic E-state index is 12.0. The molecule has 0 aliphatic heterocycles. The maximum Gasteiger partial charge on any atom is 0.355 e. The molecule has 94 valence electrons. The minimum atomic E-state index is -0.457. The lowest BCUT2D eigenvalue weighted by Crippen LogP contribution is -2.48. The van der Waals surface area contributed by atoms with Crippen molar-refractivity contribution in [3.63, 3.8) is 0 Å². The number of rotatable bonds is 2. The normalized spacial score (nSPS) is 18.3. The smallest absolute Gasteiger partial charge is 0.348 e. The molecule has 0 atom stereocenters. The summed E-state index contributed by atoms with van der Waals surface area (Å²) in [5.41, 5.74) is -1.19. The molecule has 2 rings (SSSR count). The Morgan fingerprint density at radius 2 is 1.88 bits per heavy atom. The second-order valence-electron chi connectivity index (χ2n) is 5.08. The Hall–Kier alpha value is -1.59. The van der Waals surface area contributed by atoms with E-state index in [0.717, 1.165) is 25.7 Å². The van der Waals surface area contributed by atoms with E-state index >= 15 is 0 Å². The number of aromatic amines is 1. The summed E-state index contributed by atoms with van der Waals surface area (Å²) in [5, 5.41) is 0. The summed E-state index contributed by atoms with van der Waals surface area (Å²) in [5.74, 6) is 0.304. The zero-order valence-electron chi connectivity index (χ0n) is 10.5. The van der Waals surface area contributed by atoms with Crippen LogP contribution in [0, 0.1) is 0 Å². The minimum absolute atomic E-state index is 0.304. The molecule has 0 bridgehead atoms. The molecule has 6 heteroatoms. The number of H-pyrrole nitrogens is 1. The topological polar surface area (TPSA) is 71.0 Å². The van der Waals surface area contributed by atoms with Gasteiger partial charge in [0.2, 0.25) is 5.95 Å². The Kier molecular flexibility index (Phi) is 2.81. The van der Waals surface area contributed by atoms with E-state index in [4.69, 9.17) is 0 Å². The number of hydrogen-bond donors (Lipinski definition) is 1. The number of aromatic nitrogens is 3. The zero-order chi connectivity index (χ0) is 12.6. The van der Waals surface area contributed by atoms with Crippen molar-refractivity contribution in [2.45, 2.75) is 38.1 Å². The first kappa shape index (κ1) is 11.9. The van der Waals surface area contributed by atoms with Crippen molar-refractivity contribution >= 4 is 5.95 Å². The molecule has 1 saturated carbocycles. The van der Waals surface area contributed by atoms with Crippen LogP contribution in [0.1, 0.15) is 32.6 Å². The molecule has 1 fully saturated rings. The molecule has 0 spiro atoms. The fourth-order valence-corrected chi connectivity index (χ4v) is 2.46. The summed E-state index contributed by atoms with van der Waals surface area (Å²) in [6.45, 7) is 1.95. The van der Waals surface area contributed by atoms with Crippen molar-refractivity contribution in [2.75, 3.05) is 19.0 Å². The Morgan fingerprint density at radius 3 is 2.35 bits per heavy atom. The van der Waals surface area contributed by atoms with Gasteiger partial charge in [0.1, 0.15) is 0 Å². The highest BCUT2D eigenvalue weighted by atomic mass is 16.2. The van der Waals surface area contributed by atoms with Crippen LogP contribution in [0.25, 0.3) is 0 Å². The van der Waals surface area contributed by atoms with Crippen LogP contribution < -0.4 is 16.3 Å². The van der Waals surface area contributed by atoms with Gasteiger partial charge in [0, 0.05) is 14.1 Å². The van der Waals surface area contributed by atoms with E-state index in [2.05, 4.69) is 9.97 Å². The summed E-state index contributed by atoms with van der Waals surface area (Å²) in [6, 6.07) is 0. The molecule has 0 amide bonds. The molecule has 1 N–H and O–H groups in total. The minimum Gasteiger partial charge on any atom is -0.348 e. The van der Waals surface area contributed by atoms with Crippen molar-refractivity contribution in [1.82, 2.24) is 14.5 Å². The molecule has 1 aromatic rings. The van der Waals surface area contributed by atoms with Crippen molar-refractivity contribution in [2.24, 2.45) is 0 Å². The summed E-state index contributed by atoms with van der Waals surface area (Å²) in [7, 11) is 3.47. The average molecular weight is 238 g/mol. The molecule has 0 unspecified atom stereocenters. The van der Waals surface area contributed by atoms with Crippen LogP contribution in [0.4, 0.5) is 5.95 Å². The molecule has 0 aromatic carbocycles. The number of anilines is 1. The van der Waals surface area contributed by atoms with Crippen LogP contribution in [-0.4, -0.2) is 28.6 Å². The Morgan fingerprint density at radius 1 is 1.29 bits per heavy atom. The molecular weight excluding hydrogens is 220 g/mol. The van der Waals surface area contributed by atoms with Gasteiger partial charge >= 0.3 is 11.4 Å². The highest BCUT2D eigenvalue weighted by molar-refractivity contribution is 5.23. The van der Waals surface area contributed by atoms with Gasteiger partial charge in [-0.2, -0.15) is 4.98 Å². The third-order valence-corrected chi connectivity index (χ3v) is 3.46. The SMILES string of the molecule is CN(C)c1nc(=O)n(C2(C)CCCC2)c(=O)[nH]1. The van der Waals surface area contributed by atoms with Crippen molar-refractivity contribution in [3.05, 3.63) is 21.0 Å². The van der Waals surface area contributed by atoms with Crippen LogP contribution in [0.15, 0.2) is 9.59 Å². The molecule has 17 heavy (non-hydrogen) atoms. The van der Waals surface area contributed by atoms with Gasteiger partial charge in [0.15, 0.2) is 0 Å². The zero-order valence-corrected chi connectivity index (χ0v) is 10.5. The molecule has 6 nitrogen and oxygen atoms in total. The van der Waals surface area contributed by atoms with Gasteiger partial charge in [-0.3, -0.25) is 4.98 Å². The van der Waals surface area contributed by atoms with Crippen molar-refractivity contribution in [3.8, 4) is 0 Å². The summed E-state index contributed by atoms with van der Waals surface area (Å²) < 4.78 is 1.27. The molecule has 0 radical (unpaired) electrons. The average Bonchev–Trinajstić information content (AvgIpc) is 2.64. The second kappa shape index (κ2) is 4.01. The lowest BCUT2D eigenvalue weighted by atomic mass is 10.0. The Bertz CT molecular complexity index is 492. The van der Waals surface area contributed by atoms with Crippen LogP contribution in [-0.2, 0) is 5.54 Å². The molecule has 1 aliphatic carbocycles. The number of nitrogens with zero attached hydrogens (tertiary/aromatic N) is 3. The first-order chi connectivity index (χ1) is 7.94. The lowest BCUT2D eigenvalue weighted by Gasteiger charge is -2.25. The van der Waals surface area contributed by atoms with E-state index in [-0.39, 0.29) is 11.2 Å². The van der Waals surface area contributed by atoms with E-state index in [0.29, 0.717) is 5.95 Å². The molecule has 1 aromatic heterocycles. The Balaban J connectivity index is 2.57. The van der Waals surface area contributed by atoms with Crippen LogP contribution in [0.2, 0.25) is 0 Å². The van der Waals surface area contributed by atoms with Gasteiger partial charge < -0.3 is 4.90 Å². The van der Waals surface area contributed by atoms with Gasteiger partial charge in [0.05, 0.1) is 5.54 Å². The van der Waals surface area contributed by atoms with E-state index in [1.165, 1.54) is 4.57 Å². The number of nitrogens with one attached hydrogen (secondary N) is 1. The predicted octanol–water partition coefficient (Wildman–Crippen LogP) is 0.287. The van der Waals surface area contributed by atoms with E-state index < -0.39 is 5.69 Å². The van der Waals surface area contributed by atoms with E-state index in [1.54, 1.807) is 19.0 Å².